The molecular formula is C13H10ClN3O3S. The largest absolute Gasteiger partial charge is 0.321 e. The third-order valence-electron chi connectivity index (χ3n) is 2.61. The highest BCUT2D eigenvalue weighted by atomic mass is 35.5. The molecule has 0 saturated heterocycles. The lowest BCUT2D eigenvalue weighted by molar-refractivity contribution is -0.384. The SMILES string of the molecule is CSc1ccc(NC(=O)c2ccc(Cl)c([N+](=O)[O-])c2)cn1. The van der Waals surface area contributed by atoms with Crippen molar-refractivity contribution in [2.24, 2.45) is 0 Å². The number of benzene rings is 1. The van der Waals surface area contributed by atoms with E-state index in [1.807, 2.05) is 6.26 Å². The topological polar surface area (TPSA) is 85.1 Å². The predicted molar refractivity (Wildman–Crippen MR) is 82.1 cm³/mol. The summed E-state index contributed by atoms with van der Waals surface area (Å²) in [5.74, 6) is -0.464. The number of nitrogens with one attached hydrogen (secondary N) is 1. The summed E-state index contributed by atoms with van der Waals surface area (Å²) in [6, 6.07) is 7.37. The molecule has 0 radical (unpaired) electrons. The van der Waals surface area contributed by atoms with Crippen molar-refractivity contribution in [2.45, 2.75) is 5.03 Å². The van der Waals surface area contributed by atoms with Crippen LogP contribution < -0.4 is 5.32 Å². The van der Waals surface area contributed by atoms with Crippen molar-refractivity contribution in [3.63, 3.8) is 0 Å². The van der Waals surface area contributed by atoms with Gasteiger partial charge in [-0.25, -0.2) is 4.98 Å². The van der Waals surface area contributed by atoms with Gasteiger partial charge in [0, 0.05) is 11.6 Å². The van der Waals surface area contributed by atoms with Gasteiger partial charge < -0.3 is 5.32 Å². The lowest BCUT2D eigenvalue weighted by Crippen LogP contribution is -2.12. The second kappa shape index (κ2) is 6.55. The summed E-state index contributed by atoms with van der Waals surface area (Å²) in [7, 11) is 0. The molecule has 0 atom stereocenters. The highest BCUT2D eigenvalue weighted by Crippen LogP contribution is 2.25. The summed E-state index contributed by atoms with van der Waals surface area (Å²) in [4.78, 5) is 26.3. The smallest absolute Gasteiger partial charge is 0.288 e. The van der Waals surface area contributed by atoms with Crippen molar-refractivity contribution in [1.29, 1.82) is 0 Å². The normalized spacial score (nSPS) is 10.2. The predicted octanol–water partition coefficient (Wildman–Crippen LogP) is 3.62. The maximum Gasteiger partial charge on any atom is 0.288 e. The van der Waals surface area contributed by atoms with E-state index in [1.165, 1.54) is 30.1 Å². The van der Waals surface area contributed by atoms with Crippen LogP contribution in [0.2, 0.25) is 5.02 Å². The van der Waals surface area contributed by atoms with Crippen LogP contribution in [0.25, 0.3) is 0 Å². The number of hydrogen-bond donors (Lipinski definition) is 1. The van der Waals surface area contributed by atoms with Gasteiger partial charge in [0.2, 0.25) is 0 Å². The fraction of sp³-hybridized carbons (Fsp3) is 0.0769. The van der Waals surface area contributed by atoms with Gasteiger partial charge in [0.1, 0.15) is 5.02 Å². The Kier molecular flexibility index (Phi) is 4.77. The van der Waals surface area contributed by atoms with Crippen LogP contribution >= 0.6 is 23.4 Å². The number of anilines is 1. The van der Waals surface area contributed by atoms with Gasteiger partial charge in [-0.15, -0.1) is 11.8 Å². The minimum atomic E-state index is -0.631. The minimum Gasteiger partial charge on any atom is -0.321 e. The molecule has 1 aromatic heterocycles. The van der Waals surface area contributed by atoms with Gasteiger partial charge in [-0.2, -0.15) is 0 Å². The van der Waals surface area contributed by atoms with E-state index >= 15 is 0 Å². The monoisotopic (exact) mass is 323 g/mol. The van der Waals surface area contributed by atoms with Gasteiger partial charge in [-0.05, 0) is 30.5 Å². The van der Waals surface area contributed by atoms with Gasteiger partial charge in [0.25, 0.3) is 11.6 Å². The first-order valence-electron chi connectivity index (χ1n) is 5.76. The van der Waals surface area contributed by atoms with E-state index in [4.69, 9.17) is 11.6 Å². The average Bonchev–Trinajstić information content (AvgIpc) is 2.48. The number of aromatic nitrogens is 1. The molecule has 0 saturated carbocycles. The second-order valence-electron chi connectivity index (χ2n) is 3.97. The second-order valence-corrected chi connectivity index (χ2v) is 5.20. The third kappa shape index (κ3) is 3.71. The highest BCUT2D eigenvalue weighted by Gasteiger charge is 2.16. The van der Waals surface area contributed by atoms with Gasteiger partial charge in [0.05, 0.1) is 21.8 Å². The number of nitro benzene ring substituents is 1. The summed E-state index contributed by atoms with van der Waals surface area (Å²) >= 11 is 7.19. The van der Waals surface area contributed by atoms with Crippen LogP contribution in [0.15, 0.2) is 41.6 Å². The highest BCUT2D eigenvalue weighted by molar-refractivity contribution is 7.98. The number of hydrogen-bond acceptors (Lipinski definition) is 5. The minimum absolute atomic E-state index is 0.0115. The van der Waals surface area contributed by atoms with Gasteiger partial charge in [-0.3, -0.25) is 14.9 Å². The number of rotatable bonds is 4. The van der Waals surface area contributed by atoms with E-state index in [0.29, 0.717) is 5.69 Å². The Balaban J connectivity index is 2.19. The van der Waals surface area contributed by atoms with E-state index in [0.717, 1.165) is 11.1 Å². The first-order chi connectivity index (χ1) is 10.0. The molecule has 1 amide bonds. The maximum atomic E-state index is 12.0. The number of nitro groups is 1. The Bertz CT molecular complexity index is 692. The van der Waals surface area contributed by atoms with Crippen molar-refractivity contribution in [1.82, 2.24) is 4.98 Å². The Morgan fingerprint density at radius 2 is 2.14 bits per heavy atom. The van der Waals surface area contributed by atoms with Crippen molar-refractivity contribution in [3.05, 3.63) is 57.2 Å². The van der Waals surface area contributed by atoms with E-state index in [1.54, 1.807) is 12.1 Å². The number of amides is 1. The molecule has 8 heteroatoms. The number of thioether (sulfide) groups is 1. The van der Waals surface area contributed by atoms with E-state index < -0.39 is 10.8 Å². The molecule has 108 valence electrons. The molecule has 0 aliphatic carbocycles. The van der Waals surface area contributed by atoms with E-state index in [2.05, 4.69) is 10.3 Å². The standard InChI is InChI=1S/C13H10ClN3O3S/c1-21-12-5-3-9(7-15-12)16-13(18)8-2-4-10(14)11(6-8)17(19)20/h2-7H,1H3,(H,16,18). The van der Waals surface area contributed by atoms with E-state index in [-0.39, 0.29) is 16.3 Å². The number of halogens is 1. The zero-order chi connectivity index (χ0) is 15.4. The van der Waals surface area contributed by atoms with Crippen molar-refractivity contribution < 1.29 is 9.72 Å². The number of carbonyl (C=O) groups excluding carboxylic acids is 1. The molecular weight excluding hydrogens is 314 g/mol. The molecule has 21 heavy (non-hydrogen) atoms. The molecule has 2 rings (SSSR count). The number of pyridine rings is 1. The molecule has 0 bridgehead atoms. The van der Waals surface area contributed by atoms with Crippen molar-refractivity contribution >= 4 is 40.6 Å². The molecule has 2 aromatic rings. The molecule has 0 aliphatic heterocycles. The Hall–Kier alpha value is -2.12. The molecule has 1 aromatic carbocycles. The lowest BCUT2D eigenvalue weighted by Gasteiger charge is -2.06. The summed E-state index contributed by atoms with van der Waals surface area (Å²) in [6.45, 7) is 0. The fourth-order valence-corrected chi connectivity index (χ4v) is 2.12. The summed E-state index contributed by atoms with van der Waals surface area (Å²) in [5, 5.41) is 14.2. The fourth-order valence-electron chi connectivity index (χ4n) is 1.57. The van der Waals surface area contributed by atoms with Crippen LogP contribution in [-0.2, 0) is 0 Å². The summed E-state index contributed by atoms with van der Waals surface area (Å²) < 4.78 is 0. The maximum absolute atomic E-state index is 12.0. The molecule has 0 fully saturated rings. The number of nitrogens with zero attached hydrogens (tertiary/aromatic N) is 2. The van der Waals surface area contributed by atoms with Crippen LogP contribution in [0.5, 0.6) is 0 Å². The van der Waals surface area contributed by atoms with Crippen molar-refractivity contribution in [2.75, 3.05) is 11.6 Å². The van der Waals surface area contributed by atoms with Gasteiger partial charge in [0.15, 0.2) is 0 Å². The van der Waals surface area contributed by atoms with Crippen LogP contribution in [0.1, 0.15) is 10.4 Å². The van der Waals surface area contributed by atoms with Crippen LogP contribution in [0.4, 0.5) is 11.4 Å². The zero-order valence-electron chi connectivity index (χ0n) is 10.9. The summed E-state index contributed by atoms with van der Waals surface area (Å²) in [5.41, 5.74) is 0.357. The quantitative estimate of drug-likeness (QED) is 0.527. The molecule has 1 heterocycles. The molecule has 0 aliphatic rings. The first-order valence-corrected chi connectivity index (χ1v) is 7.37. The average molecular weight is 324 g/mol. The molecule has 0 spiro atoms. The van der Waals surface area contributed by atoms with E-state index in [9.17, 15) is 14.9 Å². The Morgan fingerprint density at radius 3 is 2.71 bits per heavy atom. The third-order valence-corrected chi connectivity index (χ3v) is 3.59. The first kappa shape index (κ1) is 15.3. The number of carbonyl (C=O) groups is 1. The zero-order valence-corrected chi connectivity index (χ0v) is 12.4. The van der Waals surface area contributed by atoms with Crippen LogP contribution in [-0.4, -0.2) is 22.1 Å². The lowest BCUT2D eigenvalue weighted by atomic mass is 10.2. The Morgan fingerprint density at radius 1 is 1.38 bits per heavy atom. The Labute approximate surface area is 129 Å². The van der Waals surface area contributed by atoms with Crippen LogP contribution in [0.3, 0.4) is 0 Å². The van der Waals surface area contributed by atoms with Crippen molar-refractivity contribution in [3.8, 4) is 0 Å². The van der Waals surface area contributed by atoms with Gasteiger partial charge >= 0.3 is 0 Å². The summed E-state index contributed by atoms with van der Waals surface area (Å²) in [6.07, 6.45) is 3.42. The molecule has 1 N–H and O–H groups in total. The molecule has 0 unspecified atom stereocenters. The molecule has 6 nitrogen and oxygen atoms in total. The van der Waals surface area contributed by atoms with Gasteiger partial charge in [-0.1, -0.05) is 11.6 Å². The van der Waals surface area contributed by atoms with Crippen LogP contribution in [0, 0.1) is 10.1 Å².